The van der Waals surface area contributed by atoms with Gasteiger partial charge in [-0.1, -0.05) is 25.1 Å². The Balaban J connectivity index is 1.89. The molecule has 32 heavy (non-hydrogen) atoms. The molecule has 9 heteroatoms. The maximum atomic E-state index is 13.1. The van der Waals surface area contributed by atoms with Gasteiger partial charge in [0.1, 0.15) is 23.7 Å². The van der Waals surface area contributed by atoms with Crippen molar-refractivity contribution >= 4 is 17.4 Å². The number of fused-ring (bicyclic) bond motifs is 1. The van der Waals surface area contributed by atoms with Crippen LogP contribution in [0.5, 0.6) is 11.5 Å². The van der Waals surface area contributed by atoms with Gasteiger partial charge in [-0.2, -0.15) is 0 Å². The van der Waals surface area contributed by atoms with E-state index in [0.717, 1.165) is 4.57 Å². The molecule has 2 aromatic heterocycles. The van der Waals surface area contributed by atoms with E-state index < -0.39 is 23.0 Å². The number of aromatic nitrogens is 2. The highest BCUT2D eigenvalue weighted by molar-refractivity contribution is 5.77. The van der Waals surface area contributed by atoms with Gasteiger partial charge in [0.2, 0.25) is 5.58 Å². The Bertz CT molecular complexity index is 1190. The van der Waals surface area contributed by atoms with E-state index in [1.54, 1.807) is 0 Å². The fourth-order valence-electron chi connectivity index (χ4n) is 3.41. The topological polar surface area (TPSA) is 110 Å². The molecule has 0 bridgehead atoms. The van der Waals surface area contributed by atoms with Crippen LogP contribution in [0.2, 0.25) is 0 Å². The van der Waals surface area contributed by atoms with Gasteiger partial charge in [0.25, 0.3) is 5.56 Å². The zero-order valence-electron chi connectivity index (χ0n) is 18.4. The molecule has 2 heterocycles. The molecule has 0 aliphatic heterocycles. The van der Waals surface area contributed by atoms with Gasteiger partial charge in [-0.3, -0.25) is 4.79 Å². The summed E-state index contributed by atoms with van der Waals surface area (Å²) in [6.45, 7) is 4.96. The van der Waals surface area contributed by atoms with Crippen molar-refractivity contribution in [1.29, 1.82) is 0 Å². The number of ether oxygens (including phenoxy) is 3. The second-order valence-corrected chi connectivity index (χ2v) is 7.57. The monoisotopic (exact) mass is 442 g/mol. The molecule has 0 spiro atoms. The van der Waals surface area contributed by atoms with Crippen molar-refractivity contribution in [3.63, 3.8) is 0 Å². The summed E-state index contributed by atoms with van der Waals surface area (Å²) < 4.78 is 23.0. The van der Waals surface area contributed by atoms with Crippen LogP contribution in [-0.4, -0.2) is 41.8 Å². The van der Waals surface area contributed by atoms with E-state index in [0.29, 0.717) is 18.5 Å². The number of aldehydes is 1. The lowest BCUT2D eigenvalue weighted by molar-refractivity contribution is -0.121. The summed E-state index contributed by atoms with van der Waals surface area (Å²) in [5, 5.41) is 0. The smallest absolute Gasteiger partial charge is 0.423 e. The molecule has 0 N–H and O–H groups in total. The summed E-state index contributed by atoms with van der Waals surface area (Å²) >= 11 is 0. The molecule has 3 atom stereocenters. The van der Waals surface area contributed by atoms with E-state index in [1.807, 2.05) is 44.2 Å². The van der Waals surface area contributed by atoms with Gasteiger partial charge in [0.15, 0.2) is 11.3 Å². The van der Waals surface area contributed by atoms with Crippen LogP contribution < -0.4 is 20.8 Å². The summed E-state index contributed by atoms with van der Waals surface area (Å²) in [6, 6.07) is 10.7. The van der Waals surface area contributed by atoms with Crippen LogP contribution in [0, 0.1) is 0 Å². The quantitative estimate of drug-likeness (QED) is 0.441. The maximum Gasteiger partial charge on any atom is 0.423 e. The Hall–Kier alpha value is -3.46. The standard InChI is InChI=1S/C23H26N2O7/c1-5-17(15(2)31-16-9-7-6-8-10-16)30-14-23(3,13-26)25-21(27)19-20(32-22(25)28)18(29-4)11-12-24-19/h6-13,15,17H,5,14H2,1-4H3/t15-,17+,23-/m1/s1. The molecule has 0 radical (unpaired) electrons. The van der Waals surface area contributed by atoms with Gasteiger partial charge in [0, 0.05) is 12.3 Å². The lowest BCUT2D eigenvalue weighted by Gasteiger charge is -2.29. The van der Waals surface area contributed by atoms with Gasteiger partial charge in [-0.05, 0) is 32.4 Å². The summed E-state index contributed by atoms with van der Waals surface area (Å²) in [7, 11) is 1.38. The van der Waals surface area contributed by atoms with Crippen LogP contribution >= 0.6 is 0 Å². The highest BCUT2D eigenvalue weighted by Crippen LogP contribution is 2.22. The molecule has 0 unspecified atom stereocenters. The number of pyridine rings is 1. The Morgan fingerprint density at radius 3 is 2.56 bits per heavy atom. The second-order valence-electron chi connectivity index (χ2n) is 7.57. The molecule has 0 aliphatic carbocycles. The van der Waals surface area contributed by atoms with Crippen molar-refractivity contribution in [2.45, 2.75) is 44.9 Å². The van der Waals surface area contributed by atoms with Gasteiger partial charge in [-0.25, -0.2) is 14.3 Å². The van der Waals surface area contributed by atoms with Crippen LogP contribution in [0.3, 0.4) is 0 Å². The zero-order chi connectivity index (χ0) is 23.3. The van der Waals surface area contributed by atoms with Crippen LogP contribution in [0.4, 0.5) is 0 Å². The minimum atomic E-state index is -1.61. The molecule has 0 aliphatic rings. The van der Waals surface area contributed by atoms with Crippen LogP contribution in [0.25, 0.3) is 11.1 Å². The van der Waals surface area contributed by atoms with Gasteiger partial charge in [-0.15, -0.1) is 0 Å². The molecule has 0 saturated heterocycles. The Labute approximate surface area is 184 Å². The van der Waals surface area contributed by atoms with E-state index in [2.05, 4.69) is 4.98 Å². The summed E-state index contributed by atoms with van der Waals surface area (Å²) in [5.74, 6) is -0.126. The van der Waals surface area contributed by atoms with Crippen molar-refractivity contribution in [3.8, 4) is 11.5 Å². The second kappa shape index (κ2) is 9.78. The third kappa shape index (κ3) is 4.57. The van der Waals surface area contributed by atoms with Crippen molar-refractivity contribution in [1.82, 2.24) is 9.55 Å². The van der Waals surface area contributed by atoms with Gasteiger partial charge in [0.05, 0.1) is 19.8 Å². The van der Waals surface area contributed by atoms with Crippen LogP contribution in [-0.2, 0) is 15.1 Å². The first kappa shape index (κ1) is 23.2. The summed E-state index contributed by atoms with van der Waals surface area (Å²) in [4.78, 5) is 41.8. The fraction of sp³-hybridized carbons (Fsp3) is 0.391. The number of rotatable bonds is 10. The van der Waals surface area contributed by atoms with Gasteiger partial charge < -0.3 is 23.4 Å². The first-order valence-electron chi connectivity index (χ1n) is 10.2. The number of carbonyl (C=O) groups excluding carboxylic acids is 1. The Morgan fingerprint density at radius 2 is 1.94 bits per heavy atom. The zero-order valence-corrected chi connectivity index (χ0v) is 18.4. The summed E-state index contributed by atoms with van der Waals surface area (Å²) in [6.07, 6.45) is 1.71. The lowest BCUT2D eigenvalue weighted by atomic mass is 10.1. The first-order valence-corrected chi connectivity index (χ1v) is 10.2. The number of methoxy groups -OCH3 is 1. The number of hydrogen-bond acceptors (Lipinski definition) is 8. The molecule has 170 valence electrons. The molecular formula is C23H26N2O7. The Morgan fingerprint density at radius 1 is 1.22 bits per heavy atom. The Kier molecular flexibility index (Phi) is 7.09. The number of nitrogens with zero attached hydrogens (tertiary/aromatic N) is 2. The SMILES string of the molecule is CC[C@H](OC[C@@](C)(C=O)n1c(=O)oc2c(OC)ccnc2c1=O)[C@@H](C)Oc1ccccc1. The minimum absolute atomic E-state index is 0.0771. The lowest BCUT2D eigenvalue weighted by Crippen LogP contribution is -2.51. The first-order chi connectivity index (χ1) is 15.3. The molecule has 0 amide bonds. The normalized spacial score (nSPS) is 15.0. The van der Waals surface area contributed by atoms with Crippen LogP contribution in [0.15, 0.2) is 56.6 Å². The van der Waals surface area contributed by atoms with E-state index in [1.165, 1.54) is 26.3 Å². The van der Waals surface area contributed by atoms with E-state index in [4.69, 9.17) is 18.6 Å². The average molecular weight is 442 g/mol. The maximum absolute atomic E-state index is 13.1. The predicted molar refractivity (Wildman–Crippen MR) is 117 cm³/mol. The summed E-state index contributed by atoms with van der Waals surface area (Å²) in [5.41, 5.74) is -2.58. The molecule has 0 saturated carbocycles. The van der Waals surface area contributed by atoms with Crippen molar-refractivity contribution in [2.75, 3.05) is 13.7 Å². The third-order valence-electron chi connectivity index (χ3n) is 5.21. The number of para-hydroxylation sites is 1. The minimum Gasteiger partial charge on any atom is -0.493 e. The van der Waals surface area contributed by atoms with Crippen molar-refractivity contribution in [3.05, 3.63) is 63.5 Å². The number of carbonyl (C=O) groups is 1. The molecule has 0 fully saturated rings. The number of benzene rings is 1. The molecular weight excluding hydrogens is 416 g/mol. The van der Waals surface area contributed by atoms with E-state index >= 15 is 0 Å². The van der Waals surface area contributed by atoms with E-state index in [-0.39, 0.29) is 29.6 Å². The largest absolute Gasteiger partial charge is 0.493 e. The van der Waals surface area contributed by atoms with Crippen molar-refractivity contribution < 1.29 is 23.4 Å². The number of hydrogen-bond donors (Lipinski definition) is 0. The van der Waals surface area contributed by atoms with Gasteiger partial charge >= 0.3 is 5.76 Å². The predicted octanol–water partition coefficient (Wildman–Crippen LogP) is 2.54. The highest BCUT2D eigenvalue weighted by Gasteiger charge is 2.34. The third-order valence-corrected chi connectivity index (χ3v) is 5.21. The van der Waals surface area contributed by atoms with E-state index in [9.17, 15) is 14.4 Å². The molecule has 1 aromatic carbocycles. The fourth-order valence-corrected chi connectivity index (χ4v) is 3.41. The van der Waals surface area contributed by atoms with Crippen LogP contribution in [0.1, 0.15) is 27.2 Å². The molecule has 3 rings (SSSR count). The highest BCUT2D eigenvalue weighted by atomic mass is 16.5. The van der Waals surface area contributed by atoms with Crippen molar-refractivity contribution in [2.24, 2.45) is 0 Å². The molecule has 3 aromatic rings. The molecule has 9 nitrogen and oxygen atoms in total. The average Bonchev–Trinajstić information content (AvgIpc) is 2.79.